The van der Waals surface area contributed by atoms with Crippen LogP contribution in [0.4, 0.5) is 17.6 Å². The molecule has 2 fully saturated rings. The first-order chi connectivity index (χ1) is 19.5. The minimum atomic E-state index is 0.403. The number of nitrogens with one attached hydrogen (secondary N) is 1. The maximum Gasteiger partial charge on any atom is 0.229 e. The van der Waals surface area contributed by atoms with Crippen LogP contribution in [0.5, 0.6) is 11.5 Å². The van der Waals surface area contributed by atoms with E-state index in [1.165, 1.54) is 11.1 Å². The Labute approximate surface area is 243 Å². The molecule has 0 unspecified atom stereocenters. The van der Waals surface area contributed by atoms with E-state index in [1.807, 2.05) is 36.4 Å². The van der Waals surface area contributed by atoms with Gasteiger partial charge in [0.15, 0.2) is 5.82 Å². The lowest BCUT2D eigenvalue weighted by Crippen LogP contribution is -2.39. The number of benzene rings is 2. The summed E-state index contributed by atoms with van der Waals surface area (Å²) in [6, 6.07) is 13.9. The smallest absolute Gasteiger partial charge is 0.229 e. The summed E-state index contributed by atoms with van der Waals surface area (Å²) in [5.41, 5.74) is 6.28. The zero-order chi connectivity index (χ0) is 27.7. The van der Waals surface area contributed by atoms with Gasteiger partial charge in [-0.05, 0) is 55.3 Å². The maximum atomic E-state index is 6.05. The van der Waals surface area contributed by atoms with E-state index in [2.05, 4.69) is 56.2 Å². The van der Waals surface area contributed by atoms with Gasteiger partial charge in [0.25, 0.3) is 0 Å². The quantitative estimate of drug-likeness (QED) is 0.203. The highest BCUT2D eigenvalue weighted by atomic mass is 79.9. The number of hydrogen-bond acceptors (Lipinski definition) is 10. The molecule has 2 aliphatic rings. The minimum Gasteiger partial charge on any atom is -0.490 e. The molecule has 3 aromatic rings. The molecule has 0 radical (unpaired) electrons. The summed E-state index contributed by atoms with van der Waals surface area (Å²) in [7, 11) is 0. The molecule has 40 heavy (non-hydrogen) atoms. The molecule has 0 atom stereocenters. The third kappa shape index (κ3) is 7.83. The summed E-state index contributed by atoms with van der Waals surface area (Å²) in [6.07, 6.45) is 1.73. The molecule has 212 valence electrons. The highest BCUT2D eigenvalue weighted by Crippen LogP contribution is 2.24. The van der Waals surface area contributed by atoms with Crippen LogP contribution in [0.1, 0.15) is 16.7 Å². The van der Waals surface area contributed by atoms with Crippen molar-refractivity contribution in [3.05, 3.63) is 63.6 Å². The molecule has 11 heteroatoms. The second-order valence-electron chi connectivity index (χ2n) is 9.68. The van der Waals surface area contributed by atoms with Gasteiger partial charge in [0, 0.05) is 42.3 Å². The van der Waals surface area contributed by atoms with E-state index in [4.69, 9.17) is 28.9 Å². The molecule has 2 saturated heterocycles. The van der Waals surface area contributed by atoms with Gasteiger partial charge in [-0.25, -0.2) is 0 Å². The first kappa shape index (κ1) is 28.1. The number of morpholine rings is 2. The third-order valence-electron chi connectivity index (χ3n) is 6.49. The zero-order valence-electron chi connectivity index (χ0n) is 22.9. The number of aryl methyl sites for hydroxylation is 2. The largest absolute Gasteiger partial charge is 0.490 e. The molecule has 5 rings (SSSR count). The molecule has 2 aliphatic heterocycles. The molecule has 2 aromatic carbocycles. The van der Waals surface area contributed by atoms with Crippen molar-refractivity contribution in [1.82, 2.24) is 9.97 Å². The standard InChI is InChI=1S/C29H35BrN6O4/c1-21-15-22(2)17-25(16-21)39-13-14-40-26-4-3-24(30)18-23(26)20-31-34-27-19-28(35-5-9-37-10-6-35)33-29(32-27)36-7-11-38-12-8-36/h3-4,15-20H,5-14H2,1-2H3,(H,32,33,34). The van der Waals surface area contributed by atoms with Crippen LogP contribution in [0.15, 0.2) is 52.0 Å². The van der Waals surface area contributed by atoms with Crippen molar-refractivity contribution >= 4 is 39.7 Å². The van der Waals surface area contributed by atoms with E-state index in [9.17, 15) is 0 Å². The second-order valence-corrected chi connectivity index (χ2v) is 10.6. The van der Waals surface area contributed by atoms with Crippen molar-refractivity contribution in [2.75, 3.05) is 81.0 Å². The van der Waals surface area contributed by atoms with E-state index in [-0.39, 0.29) is 0 Å². The number of halogens is 1. The van der Waals surface area contributed by atoms with Gasteiger partial charge in [0.1, 0.15) is 30.5 Å². The summed E-state index contributed by atoms with van der Waals surface area (Å²) in [5, 5.41) is 4.50. The number of rotatable bonds is 10. The lowest BCUT2D eigenvalue weighted by atomic mass is 10.1. The molecule has 3 heterocycles. The number of ether oxygens (including phenoxy) is 4. The lowest BCUT2D eigenvalue weighted by Gasteiger charge is -2.31. The Morgan fingerprint density at radius 3 is 2.27 bits per heavy atom. The van der Waals surface area contributed by atoms with Crippen LogP contribution in [-0.2, 0) is 9.47 Å². The summed E-state index contributed by atoms with van der Waals surface area (Å²) >= 11 is 3.55. The minimum absolute atomic E-state index is 0.403. The van der Waals surface area contributed by atoms with Crippen LogP contribution < -0.4 is 24.7 Å². The van der Waals surface area contributed by atoms with E-state index in [1.54, 1.807) is 6.21 Å². The summed E-state index contributed by atoms with van der Waals surface area (Å²) < 4.78 is 23.9. The predicted molar refractivity (Wildman–Crippen MR) is 160 cm³/mol. The summed E-state index contributed by atoms with van der Waals surface area (Å²) in [4.78, 5) is 13.9. The Kier molecular flexibility index (Phi) is 9.69. The summed E-state index contributed by atoms with van der Waals surface area (Å²) in [6.45, 7) is 10.7. The zero-order valence-corrected chi connectivity index (χ0v) is 24.5. The highest BCUT2D eigenvalue weighted by molar-refractivity contribution is 9.10. The van der Waals surface area contributed by atoms with Gasteiger partial charge < -0.3 is 28.7 Å². The summed E-state index contributed by atoms with van der Waals surface area (Å²) in [5.74, 6) is 3.70. The first-order valence-corrected chi connectivity index (χ1v) is 14.3. The van der Waals surface area contributed by atoms with Gasteiger partial charge in [-0.15, -0.1) is 0 Å². The second kappa shape index (κ2) is 13.8. The third-order valence-corrected chi connectivity index (χ3v) is 6.98. The van der Waals surface area contributed by atoms with Gasteiger partial charge in [-0.2, -0.15) is 15.1 Å². The molecule has 0 spiro atoms. The lowest BCUT2D eigenvalue weighted by molar-refractivity contribution is 0.121. The SMILES string of the molecule is Cc1cc(C)cc(OCCOc2ccc(Br)cc2C=NNc2cc(N3CCOCC3)nc(N3CCOCC3)n2)c1. The van der Waals surface area contributed by atoms with E-state index >= 15 is 0 Å². The Hall–Kier alpha value is -3.41. The van der Waals surface area contributed by atoms with Crippen LogP contribution in [0, 0.1) is 13.8 Å². The van der Waals surface area contributed by atoms with Crippen LogP contribution in [0.3, 0.4) is 0 Å². The fourth-order valence-electron chi connectivity index (χ4n) is 4.59. The molecule has 1 N–H and O–H groups in total. The molecule has 0 saturated carbocycles. The Morgan fingerprint density at radius 1 is 0.875 bits per heavy atom. The van der Waals surface area contributed by atoms with Crippen LogP contribution in [-0.4, -0.2) is 82.0 Å². The fourth-order valence-corrected chi connectivity index (χ4v) is 4.96. The number of hydrazone groups is 1. The number of nitrogens with zero attached hydrogens (tertiary/aromatic N) is 5. The van der Waals surface area contributed by atoms with Crippen molar-refractivity contribution < 1.29 is 18.9 Å². The molecule has 1 aromatic heterocycles. The molecule has 0 bridgehead atoms. The van der Waals surface area contributed by atoms with Crippen molar-refractivity contribution in [3.8, 4) is 11.5 Å². The number of anilines is 3. The average Bonchev–Trinajstić information content (AvgIpc) is 2.96. The Bertz CT molecular complexity index is 1260. The topological polar surface area (TPSA) is 93.6 Å². The van der Waals surface area contributed by atoms with Gasteiger partial charge >= 0.3 is 0 Å². The predicted octanol–water partition coefficient (Wildman–Crippen LogP) is 4.43. The van der Waals surface area contributed by atoms with Gasteiger partial charge in [0.2, 0.25) is 5.95 Å². The van der Waals surface area contributed by atoms with Gasteiger partial charge in [-0.3, -0.25) is 5.43 Å². The normalized spacial score (nSPS) is 15.9. The monoisotopic (exact) mass is 610 g/mol. The van der Waals surface area contributed by atoms with Crippen molar-refractivity contribution in [2.45, 2.75) is 13.8 Å². The van der Waals surface area contributed by atoms with Gasteiger partial charge in [-0.1, -0.05) is 22.0 Å². The van der Waals surface area contributed by atoms with Crippen molar-refractivity contribution in [3.63, 3.8) is 0 Å². The van der Waals surface area contributed by atoms with E-state index < -0.39 is 0 Å². The van der Waals surface area contributed by atoms with Crippen molar-refractivity contribution in [2.24, 2.45) is 5.10 Å². The average molecular weight is 612 g/mol. The first-order valence-electron chi connectivity index (χ1n) is 13.5. The molecule has 0 amide bonds. The van der Waals surface area contributed by atoms with Crippen LogP contribution in [0.2, 0.25) is 0 Å². The van der Waals surface area contributed by atoms with Crippen LogP contribution in [0.25, 0.3) is 0 Å². The van der Waals surface area contributed by atoms with Crippen LogP contribution >= 0.6 is 15.9 Å². The van der Waals surface area contributed by atoms with E-state index in [0.29, 0.717) is 57.2 Å². The Balaban J connectivity index is 1.26. The Morgan fingerprint density at radius 2 is 1.55 bits per heavy atom. The highest BCUT2D eigenvalue weighted by Gasteiger charge is 2.19. The molecular formula is C29H35BrN6O4. The van der Waals surface area contributed by atoms with Gasteiger partial charge in [0.05, 0.1) is 32.6 Å². The fraction of sp³-hybridized carbons (Fsp3) is 0.414. The molecule has 10 nitrogen and oxygen atoms in total. The van der Waals surface area contributed by atoms with Crippen molar-refractivity contribution in [1.29, 1.82) is 0 Å². The van der Waals surface area contributed by atoms with E-state index in [0.717, 1.165) is 47.8 Å². The number of aromatic nitrogens is 2. The maximum absolute atomic E-state index is 6.05. The molecular weight excluding hydrogens is 576 g/mol. The number of hydrogen-bond donors (Lipinski definition) is 1. The molecule has 0 aliphatic carbocycles.